The van der Waals surface area contributed by atoms with Crippen molar-refractivity contribution in [2.45, 2.75) is 37.1 Å². The van der Waals surface area contributed by atoms with Crippen molar-refractivity contribution in [2.24, 2.45) is 0 Å². The van der Waals surface area contributed by atoms with Gasteiger partial charge in [-0.15, -0.1) is 0 Å². The molecule has 0 aromatic heterocycles. The smallest absolute Gasteiger partial charge is 0.231 e. The fraction of sp³-hybridized carbons (Fsp3) is 0.429. The van der Waals surface area contributed by atoms with Crippen LogP contribution in [-0.2, 0) is 16.6 Å². The van der Waals surface area contributed by atoms with Gasteiger partial charge in [-0.05, 0) is 41.9 Å². The number of hydrogen-bond donors (Lipinski definition) is 0. The molecule has 5 heterocycles. The van der Waals surface area contributed by atoms with Gasteiger partial charge in [0.25, 0.3) is 0 Å². The van der Waals surface area contributed by atoms with Gasteiger partial charge in [0.05, 0.1) is 6.10 Å². The van der Waals surface area contributed by atoms with E-state index in [2.05, 4.69) is 37.1 Å². The van der Waals surface area contributed by atoms with E-state index in [-0.39, 0.29) is 30.6 Å². The SMILES string of the molecule is CN1C2OC3Cc4cc5c(cc4[C@@H]1[C@]3(C)c1ccc3c(c12)OCO3)OCO5. The van der Waals surface area contributed by atoms with Crippen LogP contribution >= 0.6 is 0 Å². The van der Waals surface area contributed by atoms with E-state index in [0.717, 1.165) is 35.0 Å². The molecule has 0 N–H and O–H groups in total. The molecule has 6 aliphatic rings. The first-order valence-corrected chi connectivity index (χ1v) is 9.39. The molecule has 4 atom stereocenters. The van der Waals surface area contributed by atoms with Crippen LogP contribution in [0.15, 0.2) is 24.3 Å². The number of hydrogen-bond acceptors (Lipinski definition) is 6. The minimum Gasteiger partial charge on any atom is -0.454 e. The van der Waals surface area contributed by atoms with Crippen LogP contribution in [-0.4, -0.2) is 31.6 Å². The number of nitrogens with zero attached hydrogens (tertiary/aromatic N) is 1. The molecule has 0 radical (unpaired) electrons. The van der Waals surface area contributed by atoms with Gasteiger partial charge in [0, 0.05) is 23.4 Å². The second kappa shape index (κ2) is 4.51. The van der Waals surface area contributed by atoms with E-state index in [1.807, 2.05) is 6.07 Å². The highest BCUT2D eigenvalue weighted by Gasteiger charge is 2.62. The highest BCUT2D eigenvalue weighted by atomic mass is 16.7. The van der Waals surface area contributed by atoms with Crippen molar-refractivity contribution < 1.29 is 23.7 Å². The summed E-state index contributed by atoms with van der Waals surface area (Å²) in [6.07, 6.45) is 0.855. The van der Waals surface area contributed by atoms with Crippen molar-refractivity contribution in [2.75, 3.05) is 20.6 Å². The quantitative estimate of drug-likeness (QED) is 0.715. The molecule has 0 saturated carbocycles. The van der Waals surface area contributed by atoms with E-state index >= 15 is 0 Å². The molecule has 6 nitrogen and oxygen atoms in total. The second-order valence-corrected chi connectivity index (χ2v) is 8.20. The molecule has 138 valence electrons. The molecule has 0 spiro atoms. The van der Waals surface area contributed by atoms with Crippen molar-refractivity contribution in [3.05, 3.63) is 46.5 Å². The fourth-order valence-electron chi connectivity index (χ4n) is 5.86. The van der Waals surface area contributed by atoms with Crippen LogP contribution in [0.5, 0.6) is 23.0 Å². The van der Waals surface area contributed by atoms with Crippen LogP contribution in [0, 0.1) is 0 Å². The van der Waals surface area contributed by atoms with Gasteiger partial charge in [0.2, 0.25) is 13.6 Å². The number of fused-ring (bicyclic) bond motifs is 3. The van der Waals surface area contributed by atoms with Gasteiger partial charge < -0.3 is 23.7 Å². The Labute approximate surface area is 156 Å². The molecule has 5 aliphatic heterocycles. The Bertz CT molecular complexity index is 1020. The largest absolute Gasteiger partial charge is 0.454 e. The van der Waals surface area contributed by atoms with Crippen molar-refractivity contribution in [3.63, 3.8) is 0 Å². The minimum atomic E-state index is -0.166. The number of rotatable bonds is 0. The first-order valence-electron chi connectivity index (χ1n) is 9.39. The van der Waals surface area contributed by atoms with Crippen LogP contribution in [0.1, 0.15) is 41.4 Å². The average molecular weight is 365 g/mol. The monoisotopic (exact) mass is 365 g/mol. The van der Waals surface area contributed by atoms with E-state index < -0.39 is 0 Å². The molecule has 0 amide bonds. The summed E-state index contributed by atoms with van der Waals surface area (Å²) in [6, 6.07) is 8.78. The maximum atomic E-state index is 6.62. The Morgan fingerprint density at radius 1 is 1.00 bits per heavy atom. The summed E-state index contributed by atoms with van der Waals surface area (Å²) in [5.74, 6) is 3.35. The lowest BCUT2D eigenvalue weighted by Gasteiger charge is -2.62. The molecule has 8 rings (SSSR count). The lowest BCUT2D eigenvalue weighted by molar-refractivity contribution is -0.220. The molecule has 1 saturated heterocycles. The zero-order valence-electron chi connectivity index (χ0n) is 15.2. The summed E-state index contributed by atoms with van der Waals surface area (Å²) < 4.78 is 29.3. The van der Waals surface area contributed by atoms with Gasteiger partial charge in [-0.2, -0.15) is 0 Å². The molecule has 2 unspecified atom stereocenters. The first-order chi connectivity index (χ1) is 13.2. The van der Waals surface area contributed by atoms with E-state index in [0.29, 0.717) is 6.79 Å². The Hall–Kier alpha value is -2.44. The lowest BCUT2D eigenvalue weighted by Crippen LogP contribution is -2.63. The Kier molecular flexibility index (Phi) is 2.44. The average Bonchev–Trinajstić information content (AvgIpc) is 3.30. The van der Waals surface area contributed by atoms with E-state index in [9.17, 15) is 0 Å². The number of benzene rings is 2. The molecule has 2 aromatic carbocycles. The van der Waals surface area contributed by atoms with E-state index in [1.54, 1.807) is 0 Å². The zero-order valence-corrected chi connectivity index (χ0v) is 15.2. The molecule has 1 aliphatic carbocycles. The lowest BCUT2D eigenvalue weighted by atomic mass is 9.58. The topological polar surface area (TPSA) is 49.4 Å². The summed E-state index contributed by atoms with van der Waals surface area (Å²) in [5.41, 5.74) is 4.89. The summed E-state index contributed by atoms with van der Waals surface area (Å²) in [7, 11) is 2.14. The van der Waals surface area contributed by atoms with E-state index in [1.165, 1.54) is 16.7 Å². The van der Waals surface area contributed by atoms with Crippen molar-refractivity contribution in [3.8, 4) is 23.0 Å². The second-order valence-electron chi connectivity index (χ2n) is 8.20. The predicted molar refractivity (Wildman–Crippen MR) is 94.3 cm³/mol. The molecule has 1 fully saturated rings. The standard InChI is InChI=1S/C21H19NO5/c1-21-12-3-4-13-18(26-9-23-13)17(12)20-22(2)19(21)11-7-15-14(24-8-25-15)5-10(11)6-16(21)27-20/h3-5,7,16,19-20H,6,8-9H2,1-2H3/t16?,19-,20?,21-/m1/s1. The Balaban J connectivity index is 1.49. The Morgan fingerprint density at radius 2 is 1.78 bits per heavy atom. The summed E-state index contributed by atoms with van der Waals surface area (Å²) >= 11 is 0. The van der Waals surface area contributed by atoms with Crippen LogP contribution in [0.25, 0.3) is 0 Å². The molecular weight excluding hydrogens is 346 g/mol. The van der Waals surface area contributed by atoms with Gasteiger partial charge in [0.1, 0.15) is 6.23 Å². The van der Waals surface area contributed by atoms with Gasteiger partial charge in [-0.25, -0.2) is 0 Å². The minimum absolute atomic E-state index is 0.115. The molecule has 4 bridgehead atoms. The summed E-state index contributed by atoms with van der Waals surface area (Å²) in [4.78, 5) is 2.33. The van der Waals surface area contributed by atoms with Gasteiger partial charge >= 0.3 is 0 Å². The first kappa shape index (κ1) is 14.6. The van der Waals surface area contributed by atoms with Crippen LogP contribution in [0.4, 0.5) is 0 Å². The maximum absolute atomic E-state index is 6.62. The molecule has 6 heteroatoms. The Morgan fingerprint density at radius 3 is 2.67 bits per heavy atom. The zero-order chi connectivity index (χ0) is 17.9. The van der Waals surface area contributed by atoms with Crippen molar-refractivity contribution >= 4 is 0 Å². The van der Waals surface area contributed by atoms with Gasteiger partial charge in [-0.3, -0.25) is 4.90 Å². The number of likely N-dealkylation sites (N-methyl/N-ethyl adjacent to an activating group) is 1. The van der Waals surface area contributed by atoms with Gasteiger partial charge in [0.15, 0.2) is 23.0 Å². The molecule has 27 heavy (non-hydrogen) atoms. The maximum Gasteiger partial charge on any atom is 0.231 e. The summed E-state index contributed by atoms with van der Waals surface area (Å²) in [6.45, 7) is 2.89. The molecular formula is C21H19NO5. The van der Waals surface area contributed by atoms with Crippen molar-refractivity contribution in [1.29, 1.82) is 0 Å². The number of ether oxygens (including phenoxy) is 5. The van der Waals surface area contributed by atoms with Crippen molar-refractivity contribution in [1.82, 2.24) is 4.90 Å². The van der Waals surface area contributed by atoms with Gasteiger partial charge in [-0.1, -0.05) is 13.0 Å². The van der Waals surface area contributed by atoms with Crippen LogP contribution in [0.2, 0.25) is 0 Å². The summed E-state index contributed by atoms with van der Waals surface area (Å²) in [5, 5.41) is 0. The normalized spacial score (nSPS) is 33.8. The molecule has 2 aromatic rings. The van der Waals surface area contributed by atoms with Crippen LogP contribution < -0.4 is 18.9 Å². The third-order valence-corrected chi connectivity index (χ3v) is 7.05. The van der Waals surface area contributed by atoms with E-state index in [4.69, 9.17) is 23.7 Å². The predicted octanol–water partition coefficient (Wildman–Crippen LogP) is 3.04. The van der Waals surface area contributed by atoms with Crippen LogP contribution in [0.3, 0.4) is 0 Å². The highest BCUT2D eigenvalue weighted by molar-refractivity contribution is 5.61. The third-order valence-electron chi connectivity index (χ3n) is 7.05. The highest BCUT2D eigenvalue weighted by Crippen LogP contribution is 2.64. The fourth-order valence-corrected chi connectivity index (χ4v) is 5.86. The third kappa shape index (κ3) is 1.53.